The van der Waals surface area contributed by atoms with Gasteiger partial charge in [0.2, 0.25) is 0 Å². The maximum Gasteiger partial charge on any atom is 0.173 e. The van der Waals surface area contributed by atoms with Crippen molar-refractivity contribution < 1.29 is 5.11 Å². The van der Waals surface area contributed by atoms with Gasteiger partial charge in [0, 0.05) is 5.41 Å². The highest BCUT2D eigenvalue weighted by Gasteiger charge is 2.33. The van der Waals surface area contributed by atoms with Crippen molar-refractivity contribution in [3.05, 3.63) is 70.3 Å². The summed E-state index contributed by atoms with van der Waals surface area (Å²) in [7, 11) is 0. The molecule has 0 unspecified atom stereocenters. The molecule has 0 aliphatic carbocycles. The van der Waals surface area contributed by atoms with Crippen molar-refractivity contribution in [2.45, 2.75) is 132 Å². The van der Waals surface area contributed by atoms with Gasteiger partial charge in [0.05, 0.1) is 5.60 Å². The molecule has 0 fully saturated rings. The first-order chi connectivity index (χ1) is 17.8. The van der Waals surface area contributed by atoms with E-state index in [0.717, 1.165) is 38.5 Å². The number of aryl methyl sites for hydroxylation is 2. The number of hydrogen-bond donors (Lipinski definition) is 1. The minimum atomic E-state index is -0.702. The summed E-state index contributed by atoms with van der Waals surface area (Å²) in [6, 6.07) is 14.3. The summed E-state index contributed by atoms with van der Waals surface area (Å²) in [4.78, 5) is 0. The Morgan fingerprint density at radius 1 is 0.842 bits per heavy atom. The summed E-state index contributed by atoms with van der Waals surface area (Å²) >= 11 is 0. The number of aliphatic hydroxyl groups is 1. The molecule has 1 N–H and O–H groups in total. The van der Waals surface area contributed by atoms with Crippen LogP contribution in [0.15, 0.2) is 42.5 Å². The van der Waals surface area contributed by atoms with Crippen LogP contribution in [0, 0.1) is 25.2 Å². The highest BCUT2D eigenvalue weighted by molar-refractivity contribution is 6.72. The highest BCUT2D eigenvalue weighted by atomic mass is 16.3. The summed E-state index contributed by atoms with van der Waals surface area (Å²) in [6.07, 6.45) is 11.1. The zero-order valence-corrected chi connectivity index (χ0v) is 26.7. The third-order valence-electron chi connectivity index (χ3n) is 9.72. The molecule has 0 bridgehead atoms. The van der Waals surface area contributed by atoms with Crippen LogP contribution < -0.4 is 5.46 Å². The van der Waals surface area contributed by atoms with Gasteiger partial charge in [-0.25, -0.2) is 0 Å². The largest absolute Gasteiger partial charge is 0.386 e. The minimum absolute atomic E-state index is 0.00188. The van der Waals surface area contributed by atoms with E-state index in [4.69, 9.17) is 0 Å². The van der Waals surface area contributed by atoms with Crippen LogP contribution in [0.1, 0.15) is 122 Å². The molecule has 0 saturated carbocycles. The molecule has 0 spiro atoms. The molecular formula is C36H57BO. The van der Waals surface area contributed by atoms with E-state index < -0.39 is 5.60 Å². The smallest absolute Gasteiger partial charge is 0.173 e. The van der Waals surface area contributed by atoms with Gasteiger partial charge in [-0.15, -0.1) is 0 Å². The van der Waals surface area contributed by atoms with Crippen molar-refractivity contribution in [2.24, 2.45) is 11.3 Å². The van der Waals surface area contributed by atoms with Gasteiger partial charge in [0.15, 0.2) is 6.71 Å². The summed E-state index contributed by atoms with van der Waals surface area (Å²) < 4.78 is 0. The number of benzene rings is 2. The Morgan fingerprint density at radius 3 is 1.82 bits per heavy atom. The predicted octanol–water partition coefficient (Wildman–Crippen LogP) is 9.77. The van der Waals surface area contributed by atoms with E-state index in [1.165, 1.54) is 39.6 Å². The van der Waals surface area contributed by atoms with E-state index in [9.17, 15) is 5.11 Å². The third kappa shape index (κ3) is 7.44. The van der Waals surface area contributed by atoms with Gasteiger partial charge < -0.3 is 5.11 Å². The fourth-order valence-corrected chi connectivity index (χ4v) is 6.46. The van der Waals surface area contributed by atoms with Crippen LogP contribution in [0.2, 0.25) is 13.1 Å². The van der Waals surface area contributed by atoms with Gasteiger partial charge >= 0.3 is 0 Å². The van der Waals surface area contributed by atoms with Crippen LogP contribution >= 0.6 is 0 Å². The number of hydrogen-bond acceptors (Lipinski definition) is 1. The Hall–Kier alpha value is -1.80. The van der Waals surface area contributed by atoms with Crippen molar-refractivity contribution in [3.8, 4) is 0 Å². The van der Waals surface area contributed by atoms with Gasteiger partial charge in [-0.1, -0.05) is 141 Å². The quantitative estimate of drug-likeness (QED) is 0.248. The zero-order valence-electron chi connectivity index (χ0n) is 26.7. The third-order valence-corrected chi connectivity index (χ3v) is 9.72. The fraction of sp³-hybridized carbons (Fsp3) is 0.611. The van der Waals surface area contributed by atoms with E-state index in [1.54, 1.807) is 0 Å². The Labute approximate surface area is 236 Å². The Bertz CT molecular complexity index is 1050. The maximum absolute atomic E-state index is 11.1. The first-order valence-electron chi connectivity index (χ1n) is 15.4. The van der Waals surface area contributed by atoms with Crippen LogP contribution in [0.5, 0.6) is 0 Å². The average molecular weight is 517 g/mol. The van der Waals surface area contributed by atoms with Crippen LogP contribution in [0.25, 0.3) is 6.08 Å². The zero-order chi connectivity index (χ0) is 28.7. The lowest BCUT2D eigenvalue weighted by Crippen LogP contribution is -2.36. The lowest BCUT2D eigenvalue weighted by atomic mass is 9.39. The molecule has 0 aromatic heterocycles. The molecule has 2 heteroatoms. The lowest BCUT2D eigenvalue weighted by molar-refractivity contribution is 0.0714. The summed E-state index contributed by atoms with van der Waals surface area (Å²) in [6.45, 7) is 25.9. The second-order valence-electron chi connectivity index (χ2n) is 13.1. The predicted molar refractivity (Wildman–Crippen MR) is 172 cm³/mol. The Kier molecular flexibility index (Phi) is 11.5. The van der Waals surface area contributed by atoms with Crippen molar-refractivity contribution in [1.29, 1.82) is 0 Å². The maximum atomic E-state index is 11.1. The molecule has 2 aromatic carbocycles. The summed E-state index contributed by atoms with van der Waals surface area (Å²) in [5, 5.41) is 11.1. The van der Waals surface area contributed by atoms with Gasteiger partial charge in [-0.05, 0) is 73.1 Å². The first-order valence-corrected chi connectivity index (χ1v) is 15.4. The molecule has 0 saturated heterocycles. The molecule has 2 aromatic rings. The lowest BCUT2D eigenvalue weighted by Gasteiger charge is -2.35. The minimum Gasteiger partial charge on any atom is -0.386 e. The molecule has 0 atom stereocenters. The molecule has 1 nitrogen and oxygen atoms in total. The normalized spacial score (nSPS) is 13.1. The van der Waals surface area contributed by atoms with Gasteiger partial charge in [0.1, 0.15) is 0 Å². The SMILES string of the molecule is CCCC(O)(/C=C/c1ccc(C(CC)(CC)c2ccc(B(C)CC(C)(C)C(C)C)c(C)c2)cc1C)CCC. The molecule has 0 heterocycles. The van der Waals surface area contributed by atoms with E-state index in [-0.39, 0.29) is 5.41 Å². The monoisotopic (exact) mass is 516 g/mol. The molecule has 210 valence electrons. The Morgan fingerprint density at radius 2 is 1.37 bits per heavy atom. The molecule has 2 rings (SSSR count). The summed E-state index contributed by atoms with van der Waals surface area (Å²) in [5.74, 6) is 0.672. The summed E-state index contributed by atoms with van der Waals surface area (Å²) in [5.41, 5.74) is 7.85. The molecule has 0 amide bonds. The van der Waals surface area contributed by atoms with Gasteiger partial charge in [0.25, 0.3) is 0 Å². The number of rotatable bonds is 14. The van der Waals surface area contributed by atoms with Crippen molar-refractivity contribution in [2.75, 3.05) is 0 Å². The highest BCUT2D eigenvalue weighted by Crippen LogP contribution is 2.40. The second kappa shape index (κ2) is 13.5. The molecule has 38 heavy (non-hydrogen) atoms. The molecule has 0 radical (unpaired) electrons. The van der Waals surface area contributed by atoms with Crippen molar-refractivity contribution in [3.63, 3.8) is 0 Å². The average Bonchev–Trinajstić information content (AvgIpc) is 2.84. The van der Waals surface area contributed by atoms with Crippen molar-refractivity contribution >= 4 is 18.3 Å². The second-order valence-corrected chi connectivity index (χ2v) is 13.1. The van der Waals surface area contributed by atoms with E-state index in [1.807, 2.05) is 6.08 Å². The van der Waals surface area contributed by atoms with Crippen LogP contribution in [0.3, 0.4) is 0 Å². The van der Waals surface area contributed by atoms with Gasteiger partial charge in [-0.2, -0.15) is 0 Å². The standard InChI is InChI=1S/C36H57BO/c1-12-21-35(38,22-13-2)23-20-30-16-17-31(24-28(30)7)36(14-3,15-4)32-18-19-33(29(8)25-32)37(11)26-34(9,10)27(5)6/h16-20,23-25,27,38H,12-15,21-22,26H2,1-11H3/b23-20+. The Balaban J connectivity index is 2.43. The topological polar surface area (TPSA) is 20.2 Å². The van der Waals surface area contributed by atoms with Crippen LogP contribution in [-0.2, 0) is 5.41 Å². The fourth-order valence-electron chi connectivity index (χ4n) is 6.46. The molecule has 0 aliphatic rings. The van der Waals surface area contributed by atoms with Crippen molar-refractivity contribution in [1.82, 2.24) is 0 Å². The molecule has 0 aliphatic heterocycles. The molecular weight excluding hydrogens is 459 g/mol. The van der Waals surface area contributed by atoms with Crippen LogP contribution in [-0.4, -0.2) is 17.4 Å². The van der Waals surface area contributed by atoms with Crippen LogP contribution in [0.4, 0.5) is 0 Å². The van der Waals surface area contributed by atoms with E-state index >= 15 is 0 Å². The van der Waals surface area contributed by atoms with Gasteiger partial charge in [-0.3, -0.25) is 0 Å². The first kappa shape index (κ1) is 32.4. The van der Waals surface area contributed by atoms with E-state index in [2.05, 4.69) is 119 Å². The van der Waals surface area contributed by atoms with E-state index in [0.29, 0.717) is 18.0 Å².